The molecule has 0 spiro atoms. The highest BCUT2D eigenvalue weighted by Gasteiger charge is 2.06. The Balaban J connectivity index is 1.94. The molecule has 0 aliphatic heterocycles. The van der Waals surface area contributed by atoms with E-state index >= 15 is 0 Å². The highest BCUT2D eigenvalue weighted by molar-refractivity contribution is 5.29. The molecule has 2 rings (SSSR count). The molecule has 3 heteroatoms. The first kappa shape index (κ1) is 13.1. The number of nitrogens with zero attached hydrogens (tertiary/aromatic N) is 1. The van der Waals surface area contributed by atoms with Crippen LogP contribution in [0.1, 0.15) is 23.7 Å². The van der Waals surface area contributed by atoms with E-state index in [1.165, 1.54) is 0 Å². The fourth-order valence-electron chi connectivity index (χ4n) is 1.73. The van der Waals surface area contributed by atoms with Crippen molar-refractivity contribution in [3.8, 4) is 11.8 Å². The van der Waals surface area contributed by atoms with Crippen LogP contribution in [0.15, 0.2) is 54.6 Å². The van der Waals surface area contributed by atoms with Gasteiger partial charge in [-0.25, -0.2) is 0 Å². The van der Waals surface area contributed by atoms with Gasteiger partial charge in [-0.2, -0.15) is 5.26 Å². The minimum absolute atomic E-state index is 0.101. The standard InChI is InChI=1S/C16H15NO2/c17-11-10-16(18)14-6-8-15(9-7-14)19-12-13-4-2-1-3-5-13/h1-9,16,18H,10,12H2. The van der Waals surface area contributed by atoms with Gasteiger partial charge in [-0.15, -0.1) is 0 Å². The van der Waals surface area contributed by atoms with Crippen LogP contribution in [0.5, 0.6) is 5.75 Å². The number of aliphatic hydroxyl groups excluding tert-OH is 1. The highest BCUT2D eigenvalue weighted by Crippen LogP contribution is 2.20. The molecule has 0 aliphatic rings. The summed E-state index contributed by atoms with van der Waals surface area (Å²) in [5.41, 5.74) is 1.84. The van der Waals surface area contributed by atoms with Gasteiger partial charge in [0.25, 0.3) is 0 Å². The van der Waals surface area contributed by atoms with Crippen LogP contribution in [0.25, 0.3) is 0 Å². The summed E-state index contributed by atoms with van der Waals surface area (Å²) in [7, 11) is 0. The molecule has 3 nitrogen and oxygen atoms in total. The molecule has 0 aliphatic carbocycles. The number of rotatable bonds is 5. The Kier molecular flexibility index (Phi) is 4.54. The third-order valence-corrected chi connectivity index (χ3v) is 2.80. The minimum atomic E-state index is -0.729. The maximum absolute atomic E-state index is 9.66. The maximum atomic E-state index is 9.66. The zero-order chi connectivity index (χ0) is 13.5. The first-order valence-electron chi connectivity index (χ1n) is 6.11. The summed E-state index contributed by atoms with van der Waals surface area (Å²) in [5, 5.41) is 18.2. The molecule has 1 atom stereocenters. The molecule has 0 amide bonds. The molecule has 0 fully saturated rings. The number of hydrogen-bond acceptors (Lipinski definition) is 3. The van der Waals surface area contributed by atoms with E-state index in [0.29, 0.717) is 6.61 Å². The molecule has 2 aromatic rings. The molecule has 0 saturated carbocycles. The Morgan fingerprint density at radius 3 is 2.37 bits per heavy atom. The second-order valence-corrected chi connectivity index (χ2v) is 4.22. The quantitative estimate of drug-likeness (QED) is 0.890. The third-order valence-electron chi connectivity index (χ3n) is 2.80. The van der Waals surface area contributed by atoms with Crippen molar-refractivity contribution in [3.63, 3.8) is 0 Å². The van der Waals surface area contributed by atoms with Crippen molar-refractivity contribution in [1.29, 1.82) is 5.26 Å². The van der Waals surface area contributed by atoms with Crippen molar-refractivity contribution in [3.05, 3.63) is 65.7 Å². The van der Waals surface area contributed by atoms with E-state index in [2.05, 4.69) is 0 Å². The summed E-state index contributed by atoms with van der Waals surface area (Å²) in [6, 6.07) is 19.0. The van der Waals surface area contributed by atoms with Crippen LogP contribution in [0.4, 0.5) is 0 Å². The van der Waals surface area contributed by atoms with Crippen LogP contribution in [0.2, 0.25) is 0 Å². The molecule has 1 N–H and O–H groups in total. The van der Waals surface area contributed by atoms with Gasteiger partial charge < -0.3 is 9.84 Å². The molecule has 0 heterocycles. The molecular formula is C16H15NO2. The van der Waals surface area contributed by atoms with Crippen LogP contribution in [0.3, 0.4) is 0 Å². The molecule has 1 unspecified atom stereocenters. The van der Waals surface area contributed by atoms with E-state index in [1.807, 2.05) is 36.4 Å². The molecule has 96 valence electrons. The van der Waals surface area contributed by atoms with Gasteiger partial charge in [0, 0.05) is 0 Å². The number of nitriles is 1. The minimum Gasteiger partial charge on any atom is -0.489 e. The normalized spacial score (nSPS) is 11.6. The summed E-state index contributed by atoms with van der Waals surface area (Å²) < 4.78 is 5.64. The predicted octanol–water partition coefficient (Wildman–Crippen LogP) is 3.21. The van der Waals surface area contributed by atoms with Crippen LogP contribution < -0.4 is 4.74 Å². The smallest absolute Gasteiger partial charge is 0.119 e. The first-order chi connectivity index (χ1) is 9.29. The second-order valence-electron chi connectivity index (χ2n) is 4.22. The van der Waals surface area contributed by atoms with Gasteiger partial charge >= 0.3 is 0 Å². The molecular weight excluding hydrogens is 238 g/mol. The van der Waals surface area contributed by atoms with E-state index < -0.39 is 6.10 Å². The van der Waals surface area contributed by atoms with E-state index in [-0.39, 0.29) is 6.42 Å². The molecule has 0 aromatic heterocycles. The average Bonchev–Trinajstić information content (AvgIpc) is 2.47. The summed E-state index contributed by atoms with van der Waals surface area (Å²) in [5.74, 6) is 0.747. The monoisotopic (exact) mass is 253 g/mol. The molecule has 0 bridgehead atoms. The topological polar surface area (TPSA) is 53.2 Å². The van der Waals surface area contributed by atoms with Crippen molar-refractivity contribution >= 4 is 0 Å². The first-order valence-corrected chi connectivity index (χ1v) is 6.11. The summed E-state index contributed by atoms with van der Waals surface area (Å²) in [6.07, 6.45) is -0.627. The SMILES string of the molecule is N#CCC(O)c1ccc(OCc2ccccc2)cc1. The van der Waals surface area contributed by atoms with Gasteiger partial charge in [-0.3, -0.25) is 0 Å². The van der Waals surface area contributed by atoms with E-state index in [0.717, 1.165) is 16.9 Å². The van der Waals surface area contributed by atoms with Crippen LogP contribution in [-0.4, -0.2) is 5.11 Å². The largest absolute Gasteiger partial charge is 0.489 e. The molecule has 0 radical (unpaired) electrons. The Morgan fingerprint density at radius 1 is 1.05 bits per heavy atom. The van der Waals surface area contributed by atoms with Gasteiger partial charge in [0.15, 0.2) is 0 Å². The Hall–Kier alpha value is -2.31. The average molecular weight is 253 g/mol. The second kappa shape index (κ2) is 6.58. The highest BCUT2D eigenvalue weighted by atomic mass is 16.5. The van der Waals surface area contributed by atoms with Crippen LogP contribution in [-0.2, 0) is 6.61 Å². The third kappa shape index (κ3) is 3.84. The van der Waals surface area contributed by atoms with Crippen molar-refractivity contribution in [2.24, 2.45) is 0 Å². The molecule has 2 aromatic carbocycles. The van der Waals surface area contributed by atoms with Gasteiger partial charge in [0.05, 0.1) is 18.6 Å². The zero-order valence-corrected chi connectivity index (χ0v) is 10.5. The lowest BCUT2D eigenvalue weighted by molar-refractivity contribution is 0.183. The van der Waals surface area contributed by atoms with Crippen molar-refractivity contribution in [2.45, 2.75) is 19.1 Å². The summed E-state index contributed by atoms with van der Waals surface area (Å²) in [6.45, 7) is 0.515. The lowest BCUT2D eigenvalue weighted by Crippen LogP contribution is -1.97. The van der Waals surface area contributed by atoms with Crippen molar-refractivity contribution < 1.29 is 9.84 Å². The predicted molar refractivity (Wildman–Crippen MR) is 72.4 cm³/mol. The van der Waals surface area contributed by atoms with Crippen LogP contribution >= 0.6 is 0 Å². The van der Waals surface area contributed by atoms with Gasteiger partial charge in [0.2, 0.25) is 0 Å². The van der Waals surface area contributed by atoms with E-state index in [1.54, 1.807) is 24.3 Å². The summed E-state index contributed by atoms with van der Waals surface area (Å²) in [4.78, 5) is 0. The maximum Gasteiger partial charge on any atom is 0.119 e. The Bertz CT molecular complexity index is 543. The number of aliphatic hydroxyl groups is 1. The van der Waals surface area contributed by atoms with E-state index in [4.69, 9.17) is 10.00 Å². The fourth-order valence-corrected chi connectivity index (χ4v) is 1.73. The van der Waals surface area contributed by atoms with Gasteiger partial charge in [-0.05, 0) is 23.3 Å². The van der Waals surface area contributed by atoms with Crippen molar-refractivity contribution in [2.75, 3.05) is 0 Å². The van der Waals surface area contributed by atoms with E-state index in [9.17, 15) is 5.11 Å². The number of hydrogen-bond donors (Lipinski definition) is 1. The number of benzene rings is 2. The van der Waals surface area contributed by atoms with Crippen molar-refractivity contribution in [1.82, 2.24) is 0 Å². The molecule has 0 saturated heterocycles. The fraction of sp³-hybridized carbons (Fsp3) is 0.188. The van der Waals surface area contributed by atoms with Gasteiger partial charge in [-0.1, -0.05) is 42.5 Å². The van der Waals surface area contributed by atoms with Crippen LogP contribution in [0, 0.1) is 11.3 Å². The summed E-state index contributed by atoms with van der Waals surface area (Å²) >= 11 is 0. The Morgan fingerprint density at radius 2 is 1.74 bits per heavy atom. The molecule has 19 heavy (non-hydrogen) atoms. The Labute approximate surface area is 112 Å². The lowest BCUT2D eigenvalue weighted by atomic mass is 10.1. The lowest BCUT2D eigenvalue weighted by Gasteiger charge is -2.09. The zero-order valence-electron chi connectivity index (χ0n) is 10.5. The number of ether oxygens (including phenoxy) is 1. The van der Waals surface area contributed by atoms with Gasteiger partial charge in [0.1, 0.15) is 12.4 Å².